The number of hydrogen-bond acceptors (Lipinski definition) is 5. The van der Waals surface area contributed by atoms with Gasteiger partial charge >= 0.3 is 0 Å². The Kier molecular flexibility index (Phi) is 5.29. The number of carbonyl (C=O) groups is 2. The van der Waals surface area contributed by atoms with Crippen LogP contribution < -0.4 is 5.32 Å². The minimum atomic E-state index is -0.625. The van der Waals surface area contributed by atoms with Crippen molar-refractivity contribution < 1.29 is 14.3 Å². The number of nitrogens with zero attached hydrogens (tertiary/aromatic N) is 3. The van der Waals surface area contributed by atoms with E-state index in [-0.39, 0.29) is 18.2 Å². The number of likely N-dealkylation sites (N-methyl/N-ethyl adjacent to an activating group) is 1. The van der Waals surface area contributed by atoms with Crippen molar-refractivity contribution in [2.75, 3.05) is 38.2 Å². The fourth-order valence-electron chi connectivity index (χ4n) is 3.70. The Labute approximate surface area is 168 Å². The summed E-state index contributed by atoms with van der Waals surface area (Å²) in [5.41, 5.74) is 1.64. The normalized spacial score (nSPS) is 21.0. The lowest BCUT2D eigenvalue weighted by molar-refractivity contribution is -0.135. The summed E-state index contributed by atoms with van der Waals surface area (Å²) < 4.78 is 5.41. The lowest BCUT2D eigenvalue weighted by Gasteiger charge is -2.37. The first kappa shape index (κ1) is 18.9. The van der Waals surface area contributed by atoms with Crippen LogP contribution in [0.1, 0.15) is 13.3 Å². The molecule has 0 aliphatic carbocycles. The van der Waals surface area contributed by atoms with Gasteiger partial charge in [-0.3, -0.25) is 19.5 Å². The first-order valence-electron chi connectivity index (χ1n) is 9.42. The van der Waals surface area contributed by atoms with Crippen molar-refractivity contribution in [3.8, 4) is 0 Å². The molecule has 8 nitrogen and oxygen atoms in total. The SMILES string of the molecule is CCN1C(=O)C(CC(=O)Nc2ccc3cc[nH]c3c2)N(N2CCOCC2)C1=S. The van der Waals surface area contributed by atoms with E-state index in [1.807, 2.05) is 42.4 Å². The molecule has 2 N–H and O–H groups in total. The van der Waals surface area contributed by atoms with Gasteiger partial charge in [0.05, 0.1) is 19.6 Å². The molecule has 2 aliphatic rings. The van der Waals surface area contributed by atoms with Crippen LogP contribution in [0.2, 0.25) is 0 Å². The van der Waals surface area contributed by atoms with E-state index < -0.39 is 6.04 Å². The molecule has 148 valence electrons. The second kappa shape index (κ2) is 7.86. The molecule has 0 radical (unpaired) electrons. The van der Waals surface area contributed by atoms with Gasteiger partial charge in [-0.2, -0.15) is 0 Å². The molecule has 28 heavy (non-hydrogen) atoms. The van der Waals surface area contributed by atoms with Gasteiger partial charge in [0.15, 0.2) is 5.11 Å². The second-order valence-electron chi connectivity index (χ2n) is 6.82. The van der Waals surface area contributed by atoms with E-state index in [9.17, 15) is 9.59 Å². The fourth-order valence-corrected chi connectivity index (χ4v) is 4.16. The van der Waals surface area contributed by atoms with E-state index in [1.165, 1.54) is 0 Å². The van der Waals surface area contributed by atoms with Gasteiger partial charge in [-0.05, 0) is 42.7 Å². The Morgan fingerprint density at radius 1 is 1.32 bits per heavy atom. The van der Waals surface area contributed by atoms with E-state index in [1.54, 1.807) is 9.91 Å². The molecule has 0 spiro atoms. The molecule has 2 aromatic rings. The summed E-state index contributed by atoms with van der Waals surface area (Å²) in [4.78, 5) is 30.3. The Hall–Kier alpha value is -2.49. The highest BCUT2D eigenvalue weighted by molar-refractivity contribution is 7.80. The highest BCUT2D eigenvalue weighted by Gasteiger charge is 2.45. The van der Waals surface area contributed by atoms with Crippen LogP contribution in [0.15, 0.2) is 30.5 Å². The zero-order chi connectivity index (χ0) is 19.7. The van der Waals surface area contributed by atoms with Crippen LogP contribution in [0.3, 0.4) is 0 Å². The number of aromatic nitrogens is 1. The van der Waals surface area contributed by atoms with E-state index in [2.05, 4.69) is 10.3 Å². The number of H-pyrrole nitrogens is 1. The molecule has 1 unspecified atom stereocenters. The third kappa shape index (κ3) is 3.48. The third-order valence-electron chi connectivity index (χ3n) is 5.10. The summed E-state index contributed by atoms with van der Waals surface area (Å²) in [6.07, 6.45) is 1.89. The molecular weight excluding hydrogens is 378 g/mol. The van der Waals surface area contributed by atoms with Crippen molar-refractivity contribution in [1.82, 2.24) is 19.9 Å². The number of benzene rings is 1. The lowest BCUT2D eigenvalue weighted by atomic mass is 10.1. The molecule has 2 fully saturated rings. The van der Waals surface area contributed by atoms with Crippen molar-refractivity contribution in [3.05, 3.63) is 30.5 Å². The third-order valence-corrected chi connectivity index (χ3v) is 5.51. The van der Waals surface area contributed by atoms with E-state index >= 15 is 0 Å². The molecule has 1 atom stereocenters. The first-order valence-corrected chi connectivity index (χ1v) is 9.83. The van der Waals surface area contributed by atoms with Gasteiger partial charge in [-0.25, -0.2) is 5.01 Å². The van der Waals surface area contributed by atoms with Crippen LogP contribution in [-0.2, 0) is 14.3 Å². The molecule has 2 amide bonds. The van der Waals surface area contributed by atoms with Gasteiger partial charge in [0.25, 0.3) is 5.91 Å². The number of ether oxygens (including phenoxy) is 1. The quantitative estimate of drug-likeness (QED) is 0.740. The van der Waals surface area contributed by atoms with Crippen molar-refractivity contribution in [2.45, 2.75) is 19.4 Å². The minimum absolute atomic E-state index is 0.0373. The van der Waals surface area contributed by atoms with Gasteiger partial charge in [0.2, 0.25) is 5.91 Å². The average Bonchev–Trinajstić information content (AvgIpc) is 3.24. The van der Waals surface area contributed by atoms with Crippen LogP contribution >= 0.6 is 12.2 Å². The Morgan fingerprint density at radius 3 is 2.86 bits per heavy atom. The second-order valence-corrected chi connectivity index (χ2v) is 7.19. The van der Waals surface area contributed by atoms with Gasteiger partial charge in [-0.1, -0.05) is 6.07 Å². The predicted octanol–water partition coefficient (Wildman–Crippen LogP) is 1.56. The van der Waals surface area contributed by atoms with Crippen LogP contribution in [0.4, 0.5) is 5.69 Å². The molecular formula is C19H23N5O3S. The number of fused-ring (bicyclic) bond motifs is 1. The molecule has 4 rings (SSSR count). The molecule has 9 heteroatoms. The van der Waals surface area contributed by atoms with Crippen LogP contribution in [-0.4, -0.2) is 75.7 Å². The van der Waals surface area contributed by atoms with Crippen LogP contribution in [0, 0.1) is 0 Å². The highest BCUT2D eigenvalue weighted by atomic mass is 32.1. The number of hydrogen-bond donors (Lipinski definition) is 2. The van der Waals surface area contributed by atoms with Crippen molar-refractivity contribution >= 4 is 45.7 Å². The van der Waals surface area contributed by atoms with Crippen molar-refractivity contribution in [2.24, 2.45) is 0 Å². The van der Waals surface area contributed by atoms with E-state index in [0.29, 0.717) is 43.6 Å². The van der Waals surface area contributed by atoms with Gasteiger partial charge in [0.1, 0.15) is 6.04 Å². The molecule has 2 saturated heterocycles. The largest absolute Gasteiger partial charge is 0.379 e. The van der Waals surface area contributed by atoms with Crippen molar-refractivity contribution in [1.29, 1.82) is 0 Å². The smallest absolute Gasteiger partial charge is 0.253 e. The summed E-state index contributed by atoms with van der Waals surface area (Å²) in [6, 6.07) is 7.02. The number of thiocarbonyl (C=S) groups is 1. The summed E-state index contributed by atoms with van der Waals surface area (Å²) in [5.74, 6) is -0.350. The monoisotopic (exact) mass is 401 g/mol. The zero-order valence-electron chi connectivity index (χ0n) is 15.7. The summed E-state index contributed by atoms with van der Waals surface area (Å²) in [7, 11) is 0. The number of rotatable bonds is 5. The average molecular weight is 401 g/mol. The standard InChI is InChI=1S/C19H23N5O3S/c1-2-23-18(26)16(24(19(23)28)22-7-9-27-10-8-22)12-17(25)21-14-4-3-13-5-6-20-15(13)11-14/h3-6,11,16,20H,2,7-10,12H2,1H3,(H,21,25). The van der Waals surface area contributed by atoms with Gasteiger partial charge in [0, 0.05) is 37.0 Å². The lowest BCUT2D eigenvalue weighted by Crippen LogP contribution is -2.54. The summed E-state index contributed by atoms with van der Waals surface area (Å²) in [5, 5.41) is 8.25. The van der Waals surface area contributed by atoms with E-state index in [4.69, 9.17) is 17.0 Å². The Morgan fingerprint density at radius 2 is 2.11 bits per heavy atom. The first-order chi connectivity index (χ1) is 13.6. The molecule has 3 heterocycles. The number of amides is 2. The Balaban J connectivity index is 1.50. The Bertz CT molecular complexity index is 908. The molecule has 0 bridgehead atoms. The molecule has 2 aliphatic heterocycles. The predicted molar refractivity (Wildman–Crippen MR) is 110 cm³/mol. The van der Waals surface area contributed by atoms with Gasteiger partial charge in [-0.15, -0.1) is 0 Å². The molecule has 0 saturated carbocycles. The maximum atomic E-state index is 12.9. The zero-order valence-corrected chi connectivity index (χ0v) is 16.5. The molecule has 1 aromatic heterocycles. The summed E-state index contributed by atoms with van der Waals surface area (Å²) in [6.45, 7) is 4.82. The summed E-state index contributed by atoms with van der Waals surface area (Å²) >= 11 is 5.53. The van der Waals surface area contributed by atoms with E-state index in [0.717, 1.165) is 10.9 Å². The highest BCUT2D eigenvalue weighted by Crippen LogP contribution is 2.24. The number of carbonyl (C=O) groups excluding carboxylic acids is 2. The number of anilines is 1. The maximum Gasteiger partial charge on any atom is 0.253 e. The number of hydrazine groups is 1. The topological polar surface area (TPSA) is 80.9 Å². The minimum Gasteiger partial charge on any atom is -0.379 e. The molecule has 1 aromatic carbocycles. The number of nitrogens with one attached hydrogen (secondary N) is 2. The maximum absolute atomic E-state index is 12.9. The van der Waals surface area contributed by atoms with Crippen LogP contribution in [0.25, 0.3) is 10.9 Å². The van der Waals surface area contributed by atoms with Crippen LogP contribution in [0.5, 0.6) is 0 Å². The van der Waals surface area contributed by atoms with Gasteiger partial charge < -0.3 is 15.0 Å². The number of morpholine rings is 1. The van der Waals surface area contributed by atoms with Crippen molar-refractivity contribution in [3.63, 3.8) is 0 Å². The number of aromatic amines is 1. The fraction of sp³-hybridized carbons (Fsp3) is 0.421.